The maximum atomic E-state index is 11.4. The number of carbonyl (C=O) groups excluding carboxylic acids is 1. The molecule has 0 bridgehead atoms. The highest BCUT2D eigenvalue weighted by Gasteiger charge is 2.27. The standard InChI is InChI=1S/C12H19N3O2/c1-12(2,3)9(7-11(16)17-4)15-10-5-6-13-8-14-10/h5-6,8-9H,7H2,1-4H3,(H,13,14,15)/t9-/m1/s1. The first-order chi connectivity index (χ1) is 7.93. The maximum absolute atomic E-state index is 11.4. The minimum atomic E-state index is -0.230. The number of ether oxygens (including phenoxy) is 1. The summed E-state index contributed by atoms with van der Waals surface area (Å²) in [6.45, 7) is 6.19. The number of hydrogen-bond acceptors (Lipinski definition) is 5. The smallest absolute Gasteiger partial charge is 0.307 e. The van der Waals surface area contributed by atoms with E-state index in [0.29, 0.717) is 12.2 Å². The summed E-state index contributed by atoms with van der Waals surface area (Å²) in [4.78, 5) is 19.3. The van der Waals surface area contributed by atoms with Crippen LogP contribution in [0.5, 0.6) is 0 Å². The molecule has 1 atom stereocenters. The fourth-order valence-electron chi connectivity index (χ4n) is 1.38. The number of nitrogens with one attached hydrogen (secondary N) is 1. The predicted molar refractivity (Wildman–Crippen MR) is 65.5 cm³/mol. The molecule has 1 heterocycles. The summed E-state index contributed by atoms with van der Waals surface area (Å²) in [5.74, 6) is 0.482. The summed E-state index contributed by atoms with van der Waals surface area (Å²) < 4.78 is 4.70. The Hall–Kier alpha value is -1.65. The highest BCUT2D eigenvalue weighted by atomic mass is 16.5. The van der Waals surface area contributed by atoms with Crippen LogP contribution in [0.2, 0.25) is 0 Å². The van der Waals surface area contributed by atoms with Crippen molar-refractivity contribution in [1.82, 2.24) is 9.97 Å². The van der Waals surface area contributed by atoms with E-state index in [4.69, 9.17) is 4.74 Å². The van der Waals surface area contributed by atoms with Gasteiger partial charge in [0.25, 0.3) is 0 Å². The van der Waals surface area contributed by atoms with E-state index in [2.05, 4.69) is 36.1 Å². The molecule has 0 fully saturated rings. The molecule has 0 aliphatic heterocycles. The fraction of sp³-hybridized carbons (Fsp3) is 0.583. The van der Waals surface area contributed by atoms with E-state index in [-0.39, 0.29) is 17.4 Å². The van der Waals surface area contributed by atoms with E-state index in [9.17, 15) is 4.79 Å². The Morgan fingerprint density at radius 1 is 1.53 bits per heavy atom. The van der Waals surface area contributed by atoms with Gasteiger partial charge in [0, 0.05) is 12.2 Å². The average molecular weight is 237 g/mol. The number of aromatic nitrogens is 2. The number of carbonyl (C=O) groups is 1. The molecule has 1 aromatic heterocycles. The van der Waals surface area contributed by atoms with Gasteiger partial charge >= 0.3 is 5.97 Å². The molecule has 0 spiro atoms. The Morgan fingerprint density at radius 2 is 2.24 bits per heavy atom. The largest absolute Gasteiger partial charge is 0.469 e. The van der Waals surface area contributed by atoms with Crippen molar-refractivity contribution in [2.24, 2.45) is 5.41 Å². The van der Waals surface area contributed by atoms with Gasteiger partial charge in [0.2, 0.25) is 0 Å². The Labute approximate surface area is 102 Å². The molecule has 0 saturated heterocycles. The molecule has 1 N–H and O–H groups in total. The Bertz CT molecular complexity index is 360. The first-order valence-electron chi connectivity index (χ1n) is 5.53. The van der Waals surface area contributed by atoms with Gasteiger partial charge in [-0.1, -0.05) is 20.8 Å². The van der Waals surface area contributed by atoms with Crippen molar-refractivity contribution in [3.63, 3.8) is 0 Å². The number of rotatable bonds is 4. The van der Waals surface area contributed by atoms with Crippen LogP contribution in [0.4, 0.5) is 5.82 Å². The Balaban J connectivity index is 2.75. The SMILES string of the molecule is COC(=O)C[C@@H](Nc1ccncn1)C(C)(C)C. The molecule has 5 heteroatoms. The molecule has 17 heavy (non-hydrogen) atoms. The lowest BCUT2D eigenvalue weighted by atomic mass is 9.85. The van der Waals surface area contributed by atoms with Gasteiger partial charge in [-0.25, -0.2) is 9.97 Å². The highest BCUT2D eigenvalue weighted by molar-refractivity contribution is 5.70. The third-order valence-electron chi connectivity index (χ3n) is 2.55. The molecule has 0 aliphatic carbocycles. The second kappa shape index (κ2) is 5.61. The summed E-state index contributed by atoms with van der Waals surface area (Å²) in [6.07, 6.45) is 3.44. The van der Waals surface area contributed by atoms with Crippen LogP contribution in [-0.4, -0.2) is 29.1 Å². The van der Waals surface area contributed by atoms with Gasteiger partial charge in [0.15, 0.2) is 0 Å². The lowest BCUT2D eigenvalue weighted by molar-refractivity contribution is -0.141. The number of nitrogens with zero attached hydrogens (tertiary/aromatic N) is 2. The minimum Gasteiger partial charge on any atom is -0.469 e. The summed E-state index contributed by atoms with van der Waals surface area (Å²) >= 11 is 0. The van der Waals surface area contributed by atoms with Gasteiger partial charge in [-0.15, -0.1) is 0 Å². The molecule has 0 unspecified atom stereocenters. The van der Waals surface area contributed by atoms with Crippen molar-refractivity contribution >= 4 is 11.8 Å². The fourth-order valence-corrected chi connectivity index (χ4v) is 1.38. The molecule has 0 aromatic carbocycles. The van der Waals surface area contributed by atoms with Gasteiger partial charge in [-0.2, -0.15) is 0 Å². The second-order valence-corrected chi connectivity index (χ2v) is 4.94. The van der Waals surface area contributed by atoms with Crippen LogP contribution in [0.25, 0.3) is 0 Å². The van der Waals surface area contributed by atoms with E-state index in [1.165, 1.54) is 13.4 Å². The van der Waals surface area contributed by atoms with Gasteiger partial charge in [0.05, 0.1) is 13.5 Å². The molecule has 94 valence electrons. The van der Waals surface area contributed by atoms with Crippen molar-refractivity contribution in [3.05, 3.63) is 18.6 Å². The molecule has 0 aliphatic rings. The first-order valence-corrected chi connectivity index (χ1v) is 5.53. The lowest BCUT2D eigenvalue weighted by Gasteiger charge is -2.31. The van der Waals surface area contributed by atoms with E-state index in [1.54, 1.807) is 12.3 Å². The van der Waals surface area contributed by atoms with Crippen LogP contribution in [0.1, 0.15) is 27.2 Å². The number of hydrogen-bond donors (Lipinski definition) is 1. The van der Waals surface area contributed by atoms with Crippen molar-refractivity contribution in [3.8, 4) is 0 Å². The van der Waals surface area contributed by atoms with Crippen molar-refractivity contribution in [2.75, 3.05) is 12.4 Å². The first kappa shape index (κ1) is 13.4. The molecule has 5 nitrogen and oxygen atoms in total. The highest BCUT2D eigenvalue weighted by Crippen LogP contribution is 2.25. The second-order valence-electron chi connectivity index (χ2n) is 4.94. The predicted octanol–water partition coefficient (Wildman–Crippen LogP) is 1.87. The third-order valence-corrected chi connectivity index (χ3v) is 2.55. The lowest BCUT2D eigenvalue weighted by Crippen LogP contribution is -2.36. The molecule has 0 radical (unpaired) electrons. The third kappa shape index (κ3) is 4.38. The Morgan fingerprint density at radius 3 is 2.71 bits per heavy atom. The summed E-state index contributed by atoms with van der Waals surface area (Å²) in [5, 5.41) is 3.23. The van der Waals surface area contributed by atoms with Crippen LogP contribution in [0.3, 0.4) is 0 Å². The normalized spacial score (nSPS) is 12.9. The van der Waals surface area contributed by atoms with E-state index >= 15 is 0 Å². The van der Waals surface area contributed by atoms with Gasteiger partial charge < -0.3 is 10.1 Å². The number of anilines is 1. The summed E-state index contributed by atoms with van der Waals surface area (Å²) in [5.41, 5.74) is -0.0703. The molecule has 1 aromatic rings. The molecule has 0 amide bonds. The van der Waals surface area contributed by atoms with E-state index in [1.807, 2.05) is 0 Å². The quantitative estimate of drug-likeness (QED) is 0.810. The van der Waals surface area contributed by atoms with Crippen LogP contribution in [0, 0.1) is 5.41 Å². The topological polar surface area (TPSA) is 64.1 Å². The van der Waals surface area contributed by atoms with Crippen LogP contribution in [-0.2, 0) is 9.53 Å². The van der Waals surface area contributed by atoms with Gasteiger partial charge in [0.1, 0.15) is 12.1 Å². The van der Waals surface area contributed by atoms with Crippen molar-refractivity contribution in [1.29, 1.82) is 0 Å². The maximum Gasteiger partial charge on any atom is 0.307 e. The summed E-state index contributed by atoms with van der Waals surface area (Å²) in [6, 6.07) is 1.74. The van der Waals surface area contributed by atoms with Crippen LogP contribution in [0.15, 0.2) is 18.6 Å². The average Bonchev–Trinajstić information content (AvgIpc) is 2.28. The van der Waals surface area contributed by atoms with E-state index < -0.39 is 0 Å². The van der Waals surface area contributed by atoms with Crippen molar-refractivity contribution < 1.29 is 9.53 Å². The molecular formula is C12H19N3O2. The van der Waals surface area contributed by atoms with E-state index in [0.717, 1.165) is 0 Å². The number of methoxy groups -OCH3 is 1. The van der Waals surface area contributed by atoms with Gasteiger partial charge in [-0.05, 0) is 11.5 Å². The molecule has 1 rings (SSSR count). The Kier molecular flexibility index (Phi) is 4.43. The molecular weight excluding hydrogens is 218 g/mol. The zero-order chi connectivity index (χ0) is 12.9. The zero-order valence-corrected chi connectivity index (χ0v) is 10.7. The number of esters is 1. The summed E-state index contributed by atoms with van der Waals surface area (Å²) in [7, 11) is 1.40. The minimum absolute atomic E-state index is 0.0372. The van der Waals surface area contributed by atoms with Crippen LogP contribution < -0.4 is 5.32 Å². The van der Waals surface area contributed by atoms with Gasteiger partial charge in [-0.3, -0.25) is 4.79 Å². The monoisotopic (exact) mass is 237 g/mol. The van der Waals surface area contributed by atoms with Crippen LogP contribution >= 0.6 is 0 Å². The zero-order valence-electron chi connectivity index (χ0n) is 10.7. The molecule has 0 saturated carbocycles. The van der Waals surface area contributed by atoms with Crippen molar-refractivity contribution in [2.45, 2.75) is 33.2 Å².